The van der Waals surface area contributed by atoms with E-state index in [9.17, 15) is 15.0 Å². The van der Waals surface area contributed by atoms with Gasteiger partial charge in [-0.3, -0.25) is 4.79 Å². The van der Waals surface area contributed by atoms with Gasteiger partial charge in [0.05, 0.1) is 46.9 Å². The first-order valence-corrected chi connectivity index (χ1v) is 15.9. The molecule has 8 heteroatoms. The quantitative estimate of drug-likeness (QED) is 0.281. The fourth-order valence-electron chi connectivity index (χ4n) is 7.40. The van der Waals surface area contributed by atoms with Gasteiger partial charge in [-0.15, -0.1) is 0 Å². The number of allylic oxidation sites excluding steroid dienone is 11. The number of hydrogen-bond acceptors (Lipinski definition) is 8. The van der Waals surface area contributed by atoms with E-state index in [0.717, 1.165) is 97.5 Å². The Kier molecular flexibility index (Phi) is 7.82. The summed E-state index contributed by atoms with van der Waals surface area (Å²) in [5.74, 6) is 0.165. The number of aliphatic imine (C=N–C) groups is 3. The molecular weight excluding hydrogens is 552 g/mol. The highest BCUT2D eigenvalue weighted by molar-refractivity contribution is 6.21. The summed E-state index contributed by atoms with van der Waals surface area (Å²) in [6.45, 7) is 14.4. The maximum Gasteiger partial charge on any atom is 0.305 e. The van der Waals surface area contributed by atoms with Crippen molar-refractivity contribution in [2.45, 2.75) is 86.7 Å². The van der Waals surface area contributed by atoms with Crippen LogP contribution in [0, 0.1) is 11.8 Å². The maximum absolute atomic E-state index is 12.5. The number of aliphatic hydroxyl groups is 2. The van der Waals surface area contributed by atoms with Gasteiger partial charge in [0.15, 0.2) is 0 Å². The molecule has 44 heavy (non-hydrogen) atoms. The van der Waals surface area contributed by atoms with Gasteiger partial charge < -0.3 is 20.3 Å². The predicted octanol–water partition coefficient (Wildman–Crippen LogP) is 6.77. The number of fused-ring (bicyclic) bond motifs is 5. The number of carbonyl (C=O) groups excluding carboxylic acids is 1. The molecule has 0 saturated carbocycles. The zero-order valence-corrected chi connectivity index (χ0v) is 26.8. The number of aliphatic hydroxyl groups excluding tert-OH is 2. The van der Waals surface area contributed by atoms with Crippen LogP contribution in [0.5, 0.6) is 0 Å². The van der Waals surface area contributed by atoms with Gasteiger partial charge in [0.25, 0.3) is 0 Å². The molecule has 0 aromatic heterocycles. The normalized spacial score (nSPS) is 24.9. The summed E-state index contributed by atoms with van der Waals surface area (Å²) in [7, 11) is 0. The number of nitrogens with one attached hydrogen (secondary N) is 1. The van der Waals surface area contributed by atoms with Crippen LogP contribution >= 0.6 is 0 Å². The van der Waals surface area contributed by atoms with Crippen LogP contribution in [0.2, 0.25) is 0 Å². The molecule has 0 spiro atoms. The molecule has 0 radical (unpaired) electrons. The van der Waals surface area contributed by atoms with Crippen molar-refractivity contribution >= 4 is 23.1 Å². The summed E-state index contributed by atoms with van der Waals surface area (Å²) < 4.78 is 5.27. The highest BCUT2D eigenvalue weighted by Crippen LogP contribution is 2.47. The molecule has 1 fully saturated rings. The van der Waals surface area contributed by atoms with E-state index in [2.05, 4.69) is 45.2 Å². The summed E-state index contributed by atoms with van der Waals surface area (Å²) in [6, 6.07) is 0. The van der Waals surface area contributed by atoms with Gasteiger partial charge in [-0.1, -0.05) is 20.8 Å². The first-order chi connectivity index (χ1) is 21.1. The number of carbonyl (C=O) groups is 1. The molecule has 5 aliphatic heterocycles. The Labute approximate surface area is 259 Å². The molecule has 1 aliphatic carbocycles. The predicted molar refractivity (Wildman–Crippen MR) is 174 cm³/mol. The summed E-state index contributed by atoms with van der Waals surface area (Å²) in [4.78, 5) is 27.7. The van der Waals surface area contributed by atoms with Crippen LogP contribution in [0.1, 0.15) is 80.6 Å². The molecule has 0 aromatic carbocycles. The minimum Gasteiger partial charge on any atom is -0.511 e. The van der Waals surface area contributed by atoms with Gasteiger partial charge in [0.2, 0.25) is 0 Å². The van der Waals surface area contributed by atoms with E-state index >= 15 is 0 Å². The van der Waals surface area contributed by atoms with Gasteiger partial charge in [0, 0.05) is 52.8 Å². The fourth-order valence-corrected chi connectivity index (χ4v) is 7.40. The van der Waals surface area contributed by atoms with Gasteiger partial charge in [0.1, 0.15) is 5.76 Å². The molecule has 6 rings (SSSR count). The Morgan fingerprint density at radius 2 is 1.73 bits per heavy atom. The third kappa shape index (κ3) is 4.80. The van der Waals surface area contributed by atoms with E-state index in [1.165, 1.54) is 0 Å². The molecule has 0 aromatic rings. The van der Waals surface area contributed by atoms with E-state index in [4.69, 9.17) is 19.7 Å². The molecule has 0 amide bonds. The molecule has 0 unspecified atom stereocenters. The number of hydrogen-bond donors (Lipinski definition) is 3. The third-order valence-corrected chi connectivity index (χ3v) is 9.69. The minimum atomic E-state index is -0.701. The summed E-state index contributed by atoms with van der Waals surface area (Å²) in [5, 5.41) is 25.9. The number of rotatable bonds is 7. The van der Waals surface area contributed by atoms with Gasteiger partial charge in [-0.2, -0.15) is 0 Å². The second kappa shape index (κ2) is 11.5. The average Bonchev–Trinajstić information content (AvgIpc) is 3.73. The first-order valence-electron chi connectivity index (χ1n) is 15.9. The Bertz CT molecular complexity index is 1710. The van der Waals surface area contributed by atoms with Crippen LogP contribution < -0.4 is 5.32 Å². The zero-order chi connectivity index (χ0) is 31.4. The molecule has 3 atom stereocenters. The highest BCUT2D eigenvalue weighted by Gasteiger charge is 2.42. The van der Waals surface area contributed by atoms with E-state index < -0.39 is 6.10 Å². The van der Waals surface area contributed by atoms with E-state index in [1.807, 2.05) is 19.9 Å². The van der Waals surface area contributed by atoms with Gasteiger partial charge in [-0.25, -0.2) is 15.0 Å². The highest BCUT2D eigenvalue weighted by atomic mass is 16.5. The second-order valence-corrected chi connectivity index (χ2v) is 12.3. The standard InChI is InChI=1S/C36H42N4O4/c1-8-21-17(4)25-15-30-33(20(7)41)19(6)27(38-30)14-26-18(5)23(11-12-32(43)44-10-3)35(39-26)24-13-31(42)34-22(9-2)29(40-36(24)34)16-28(21)37-25/h14-16,18,20,23,39,41-42H,8-13H2,1-7H3/t18-,20+,23-/m0/s1. The van der Waals surface area contributed by atoms with Crippen molar-refractivity contribution in [1.29, 1.82) is 0 Å². The van der Waals surface area contributed by atoms with E-state index in [1.54, 1.807) is 6.92 Å². The van der Waals surface area contributed by atoms with Gasteiger partial charge in [-0.05, 0) is 87.5 Å². The summed E-state index contributed by atoms with van der Waals surface area (Å²) in [5.41, 5.74) is 13.6. The molecule has 8 bridgehead atoms. The topological polar surface area (TPSA) is 116 Å². The van der Waals surface area contributed by atoms with Crippen molar-refractivity contribution in [2.24, 2.45) is 26.8 Å². The fraction of sp³-hybridized carbons (Fsp3) is 0.444. The number of ether oxygens (including phenoxy) is 1. The Balaban J connectivity index is 1.59. The Morgan fingerprint density at radius 1 is 1.02 bits per heavy atom. The summed E-state index contributed by atoms with van der Waals surface area (Å²) in [6.07, 6.45) is 8.24. The molecular formula is C36H42N4O4. The number of nitrogens with zero attached hydrogens (tertiary/aromatic N) is 3. The minimum absolute atomic E-state index is 0.00458. The number of esters is 1. The van der Waals surface area contributed by atoms with Crippen LogP contribution in [0.15, 0.2) is 106 Å². The lowest BCUT2D eigenvalue weighted by molar-refractivity contribution is -0.143. The van der Waals surface area contributed by atoms with Crippen molar-refractivity contribution in [3.8, 4) is 0 Å². The van der Waals surface area contributed by atoms with Crippen LogP contribution in [-0.4, -0.2) is 46.0 Å². The molecule has 5 heterocycles. The van der Waals surface area contributed by atoms with Crippen molar-refractivity contribution in [1.82, 2.24) is 5.32 Å². The molecule has 1 saturated heterocycles. The lowest BCUT2D eigenvalue weighted by Crippen LogP contribution is -2.16. The Hall–Kier alpha value is -4.04. The molecule has 6 aliphatic rings. The monoisotopic (exact) mass is 594 g/mol. The van der Waals surface area contributed by atoms with Crippen LogP contribution in [0.4, 0.5) is 0 Å². The van der Waals surface area contributed by atoms with E-state index in [0.29, 0.717) is 31.6 Å². The summed E-state index contributed by atoms with van der Waals surface area (Å²) >= 11 is 0. The lowest BCUT2D eigenvalue weighted by Gasteiger charge is -2.17. The maximum atomic E-state index is 12.5. The molecule has 3 N–H and O–H groups in total. The lowest BCUT2D eigenvalue weighted by atomic mass is 9.86. The zero-order valence-electron chi connectivity index (χ0n) is 26.8. The first kappa shape index (κ1) is 30.0. The van der Waals surface area contributed by atoms with Gasteiger partial charge >= 0.3 is 5.97 Å². The van der Waals surface area contributed by atoms with Crippen molar-refractivity contribution in [2.75, 3.05) is 6.61 Å². The molecule has 8 nitrogen and oxygen atoms in total. The van der Waals surface area contributed by atoms with Crippen LogP contribution in [0.25, 0.3) is 0 Å². The second-order valence-electron chi connectivity index (χ2n) is 12.3. The average molecular weight is 595 g/mol. The smallest absolute Gasteiger partial charge is 0.305 e. The van der Waals surface area contributed by atoms with E-state index in [-0.39, 0.29) is 17.8 Å². The third-order valence-electron chi connectivity index (χ3n) is 9.69. The van der Waals surface area contributed by atoms with Crippen LogP contribution in [-0.2, 0) is 9.53 Å². The van der Waals surface area contributed by atoms with Crippen molar-refractivity contribution < 1.29 is 19.7 Å². The van der Waals surface area contributed by atoms with Crippen molar-refractivity contribution in [3.05, 3.63) is 91.5 Å². The Morgan fingerprint density at radius 3 is 2.41 bits per heavy atom. The SMILES string of the molecule is CCOC(=O)CC[C@@H]1C2=C3CC(O)=C4C3=NC(=C4CC)C=C3N=C(C=C4N=C(C=C(N2)[C@H]1C)C(C)=C4[C@@H](C)O)C(C)=C3CC. The molecule has 230 valence electrons. The largest absolute Gasteiger partial charge is 0.511 e. The van der Waals surface area contributed by atoms with Crippen LogP contribution in [0.3, 0.4) is 0 Å². The van der Waals surface area contributed by atoms with Crippen molar-refractivity contribution in [3.63, 3.8) is 0 Å².